The molecule has 0 radical (unpaired) electrons. The van der Waals surface area contributed by atoms with Crippen molar-refractivity contribution in [3.63, 3.8) is 0 Å². The molecule has 23 heavy (non-hydrogen) atoms. The minimum atomic E-state index is -0.351. The number of nitro benzene ring substituents is 1. The van der Waals surface area contributed by atoms with E-state index in [1.54, 1.807) is 12.1 Å². The molecule has 0 amide bonds. The zero-order valence-corrected chi connectivity index (χ0v) is 13.1. The Labute approximate surface area is 135 Å². The van der Waals surface area contributed by atoms with Gasteiger partial charge in [-0.05, 0) is 30.9 Å². The SMILES string of the molecule is N[C@@H]1CC[C@H]1OCc1cc(N2CCCOCC2)cc([N+](=O)[O-])c1. The Morgan fingerprint density at radius 1 is 1.30 bits per heavy atom. The Balaban J connectivity index is 1.76. The topological polar surface area (TPSA) is 90.9 Å². The van der Waals surface area contributed by atoms with Crippen LogP contribution in [0.3, 0.4) is 0 Å². The lowest BCUT2D eigenvalue weighted by Crippen LogP contribution is -2.45. The minimum Gasteiger partial charge on any atom is -0.380 e. The van der Waals surface area contributed by atoms with Gasteiger partial charge in [0.05, 0.1) is 24.2 Å². The Morgan fingerprint density at radius 2 is 2.17 bits per heavy atom. The van der Waals surface area contributed by atoms with Crippen LogP contribution < -0.4 is 10.6 Å². The summed E-state index contributed by atoms with van der Waals surface area (Å²) >= 11 is 0. The third-order valence-corrected chi connectivity index (χ3v) is 4.49. The third-order valence-electron chi connectivity index (χ3n) is 4.49. The Kier molecular flexibility index (Phi) is 5.09. The molecule has 7 heteroatoms. The number of nitrogens with two attached hydrogens (primary N) is 1. The van der Waals surface area contributed by atoms with Crippen LogP contribution in [-0.2, 0) is 16.1 Å². The summed E-state index contributed by atoms with van der Waals surface area (Å²) in [7, 11) is 0. The molecule has 1 aliphatic heterocycles. The van der Waals surface area contributed by atoms with Gasteiger partial charge in [0, 0.05) is 43.6 Å². The van der Waals surface area contributed by atoms with Crippen LogP contribution in [0.25, 0.3) is 0 Å². The molecule has 1 saturated carbocycles. The molecule has 3 rings (SSSR count). The highest BCUT2D eigenvalue weighted by atomic mass is 16.6. The fraction of sp³-hybridized carbons (Fsp3) is 0.625. The van der Waals surface area contributed by atoms with Crippen molar-refractivity contribution in [3.8, 4) is 0 Å². The van der Waals surface area contributed by atoms with E-state index in [2.05, 4.69) is 4.90 Å². The molecule has 1 aliphatic carbocycles. The molecular weight excluding hydrogens is 298 g/mol. The molecule has 2 fully saturated rings. The fourth-order valence-electron chi connectivity index (χ4n) is 2.94. The maximum Gasteiger partial charge on any atom is 0.271 e. The van der Waals surface area contributed by atoms with Gasteiger partial charge in [0.15, 0.2) is 0 Å². The first kappa shape index (κ1) is 16.2. The summed E-state index contributed by atoms with van der Waals surface area (Å²) in [6.07, 6.45) is 2.94. The molecule has 126 valence electrons. The van der Waals surface area contributed by atoms with Crippen LogP contribution >= 0.6 is 0 Å². The fourth-order valence-corrected chi connectivity index (χ4v) is 2.94. The van der Waals surface area contributed by atoms with Gasteiger partial charge in [0.2, 0.25) is 0 Å². The number of rotatable bonds is 5. The molecule has 7 nitrogen and oxygen atoms in total. The van der Waals surface area contributed by atoms with Gasteiger partial charge in [-0.15, -0.1) is 0 Å². The number of hydrogen-bond donors (Lipinski definition) is 1. The van der Waals surface area contributed by atoms with Crippen molar-refractivity contribution in [2.75, 3.05) is 31.2 Å². The minimum absolute atomic E-state index is 0.0734. The lowest BCUT2D eigenvalue weighted by Gasteiger charge is -2.33. The number of benzene rings is 1. The zero-order valence-electron chi connectivity index (χ0n) is 13.1. The second kappa shape index (κ2) is 7.25. The second-order valence-electron chi connectivity index (χ2n) is 6.16. The third kappa shape index (κ3) is 3.99. The second-order valence-corrected chi connectivity index (χ2v) is 6.16. The van der Waals surface area contributed by atoms with Gasteiger partial charge in [-0.3, -0.25) is 10.1 Å². The molecular formula is C16H23N3O4. The predicted molar refractivity (Wildman–Crippen MR) is 86.5 cm³/mol. The van der Waals surface area contributed by atoms with E-state index in [1.165, 1.54) is 0 Å². The van der Waals surface area contributed by atoms with Gasteiger partial charge in [0.1, 0.15) is 0 Å². The van der Waals surface area contributed by atoms with Crippen molar-refractivity contribution in [2.24, 2.45) is 5.73 Å². The molecule has 1 saturated heterocycles. The first-order valence-corrected chi connectivity index (χ1v) is 8.12. The first-order valence-electron chi connectivity index (χ1n) is 8.12. The van der Waals surface area contributed by atoms with Crippen LogP contribution in [0.4, 0.5) is 11.4 Å². The van der Waals surface area contributed by atoms with E-state index in [-0.39, 0.29) is 22.8 Å². The number of nitro groups is 1. The number of non-ortho nitro benzene ring substituents is 1. The smallest absolute Gasteiger partial charge is 0.271 e. The monoisotopic (exact) mass is 321 g/mol. The van der Waals surface area contributed by atoms with Gasteiger partial charge in [-0.1, -0.05) is 0 Å². The van der Waals surface area contributed by atoms with Crippen LogP contribution in [0.2, 0.25) is 0 Å². The van der Waals surface area contributed by atoms with Gasteiger partial charge >= 0.3 is 0 Å². The molecule has 0 spiro atoms. The highest BCUT2D eigenvalue weighted by Crippen LogP contribution is 2.27. The van der Waals surface area contributed by atoms with Crippen LogP contribution in [-0.4, -0.2) is 43.4 Å². The summed E-state index contributed by atoms with van der Waals surface area (Å²) in [5.41, 5.74) is 7.66. The number of hydrogen-bond acceptors (Lipinski definition) is 6. The molecule has 0 unspecified atom stereocenters. The maximum absolute atomic E-state index is 11.2. The average Bonchev–Trinajstić information content (AvgIpc) is 2.82. The Bertz CT molecular complexity index is 558. The van der Waals surface area contributed by atoms with Crippen molar-refractivity contribution in [2.45, 2.75) is 38.0 Å². The van der Waals surface area contributed by atoms with E-state index < -0.39 is 0 Å². The summed E-state index contributed by atoms with van der Waals surface area (Å²) in [5, 5.41) is 11.2. The highest BCUT2D eigenvalue weighted by Gasteiger charge is 2.28. The van der Waals surface area contributed by atoms with Crippen LogP contribution in [0.15, 0.2) is 18.2 Å². The molecule has 1 heterocycles. The van der Waals surface area contributed by atoms with Crippen molar-refractivity contribution in [3.05, 3.63) is 33.9 Å². The molecule has 0 bridgehead atoms. The predicted octanol–water partition coefficient (Wildman–Crippen LogP) is 1.83. The van der Waals surface area contributed by atoms with Gasteiger partial charge < -0.3 is 20.1 Å². The van der Waals surface area contributed by atoms with E-state index >= 15 is 0 Å². The molecule has 0 aromatic heterocycles. The molecule has 2 aliphatic rings. The molecule has 2 atom stereocenters. The van der Waals surface area contributed by atoms with Gasteiger partial charge in [0.25, 0.3) is 5.69 Å². The van der Waals surface area contributed by atoms with E-state index in [1.807, 2.05) is 6.07 Å². The normalized spacial score (nSPS) is 24.8. The lowest BCUT2D eigenvalue weighted by molar-refractivity contribution is -0.384. The molecule has 2 N–H and O–H groups in total. The molecule has 1 aromatic rings. The highest BCUT2D eigenvalue weighted by molar-refractivity contribution is 5.56. The largest absolute Gasteiger partial charge is 0.380 e. The molecule has 1 aromatic carbocycles. The van der Waals surface area contributed by atoms with E-state index in [0.29, 0.717) is 13.2 Å². The maximum atomic E-state index is 11.2. The average molecular weight is 321 g/mol. The van der Waals surface area contributed by atoms with Gasteiger partial charge in [-0.25, -0.2) is 0 Å². The van der Waals surface area contributed by atoms with Crippen molar-refractivity contribution in [1.82, 2.24) is 0 Å². The summed E-state index contributed by atoms with van der Waals surface area (Å²) < 4.78 is 11.2. The van der Waals surface area contributed by atoms with E-state index in [0.717, 1.165) is 50.2 Å². The summed E-state index contributed by atoms with van der Waals surface area (Å²) in [6.45, 7) is 3.33. The zero-order chi connectivity index (χ0) is 16.2. The summed E-state index contributed by atoms with van der Waals surface area (Å²) in [5.74, 6) is 0. The van der Waals surface area contributed by atoms with E-state index in [9.17, 15) is 10.1 Å². The first-order chi connectivity index (χ1) is 11.1. The quantitative estimate of drug-likeness (QED) is 0.657. The number of ether oxygens (including phenoxy) is 2. The lowest BCUT2D eigenvalue weighted by atomic mass is 9.90. The Hall–Kier alpha value is -1.70. The van der Waals surface area contributed by atoms with Crippen molar-refractivity contribution < 1.29 is 14.4 Å². The Morgan fingerprint density at radius 3 is 2.87 bits per heavy atom. The van der Waals surface area contributed by atoms with Crippen LogP contribution in [0.1, 0.15) is 24.8 Å². The standard InChI is InChI=1S/C16H23N3O4/c17-15-2-3-16(15)23-11-12-8-13(10-14(9-12)19(20)21)18-4-1-6-22-7-5-18/h8-10,15-16H,1-7,11,17H2/t15-,16-/m1/s1. The van der Waals surface area contributed by atoms with Crippen LogP contribution in [0, 0.1) is 10.1 Å². The van der Waals surface area contributed by atoms with Crippen molar-refractivity contribution >= 4 is 11.4 Å². The number of nitrogens with zero attached hydrogens (tertiary/aromatic N) is 2. The van der Waals surface area contributed by atoms with Gasteiger partial charge in [-0.2, -0.15) is 0 Å². The van der Waals surface area contributed by atoms with E-state index in [4.69, 9.17) is 15.2 Å². The summed E-state index contributed by atoms with van der Waals surface area (Å²) in [4.78, 5) is 13.0. The van der Waals surface area contributed by atoms with Crippen molar-refractivity contribution in [1.29, 1.82) is 0 Å². The van der Waals surface area contributed by atoms with Crippen LogP contribution in [0.5, 0.6) is 0 Å². The number of anilines is 1. The summed E-state index contributed by atoms with van der Waals surface area (Å²) in [6, 6.07) is 5.28.